The quantitative estimate of drug-likeness (QED) is 0.408. The van der Waals surface area contributed by atoms with E-state index in [1.165, 1.54) is 70.6 Å². The van der Waals surface area contributed by atoms with E-state index in [2.05, 4.69) is 46.6 Å². The highest BCUT2D eigenvalue weighted by Gasteiger charge is 2.64. The monoisotopic (exact) mass is 457 g/mol. The van der Waals surface area contributed by atoms with E-state index in [4.69, 9.17) is 4.74 Å². The van der Waals surface area contributed by atoms with E-state index in [-0.39, 0.29) is 11.5 Å². The predicted molar refractivity (Wildman–Crippen MR) is 135 cm³/mol. The van der Waals surface area contributed by atoms with E-state index in [1.54, 1.807) is 0 Å². The molecule has 1 unspecified atom stereocenters. The maximum atomic E-state index is 12.9. The molecule has 188 valence electrons. The predicted octanol–water partition coefficient (Wildman–Crippen LogP) is 7.09. The Morgan fingerprint density at radius 1 is 0.970 bits per heavy atom. The highest BCUT2D eigenvalue weighted by atomic mass is 16.5. The summed E-state index contributed by atoms with van der Waals surface area (Å²) in [5, 5.41) is 0. The number of carbonyl (C=O) groups is 1. The molecule has 5 rings (SSSR count). The lowest BCUT2D eigenvalue weighted by molar-refractivity contribution is -0.199. The molecule has 3 nitrogen and oxygen atoms in total. The summed E-state index contributed by atoms with van der Waals surface area (Å²) in [6, 6.07) is 0.375. The molecular weight excluding hydrogens is 406 g/mol. The number of piperidine rings is 1. The summed E-state index contributed by atoms with van der Waals surface area (Å²) in [7, 11) is 2.08. The molecular formula is C30H51NO2. The zero-order chi connectivity index (χ0) is 23.5. The molecule has 1 heterocycles. The third kappa shape index (κ3) is 4.01. The minimum Gasteiger partial charge on any atom is -0.374 e. The van der Waals surface area contributed by atoms with Crippen molar-refractivity contribution in [1.29, 1.82) is 0 Å². The molecule has 0 bridgehead atoms. The van der Waals surface area contributed by atoms with E-state index in [0.717, 1.165) is 35.5 Å². The van der Waals surface area contributed by atoms with Crippen molar-refractivity contribution < 1.29 is 9.53 Å². The fraction of sp³-hybridized carbons (Fsp3) is 0.967. The first kappa shape index (κ1) is 24.1. The van der Waals surface area contributed by atoms with Crippen molar-refractivity contribution in [1.82, 2.24) is 4.90 Å². The van der Waals surface area contributed by atoms with Gasteiger partial charge in [0.05, 0.1) is 18.6 Å². The van der Waals surface area contributed by atoms with Gasteiger partial charge in [-0.1, -0.05) is 53.9 Å². The maximum Gasteiger partial charge on any atom is 0.225 e. The Morgan fingerprint density at radius 3 is 2.42 bits per heavy atom. The Labute approximate surface area is 203 Å². The van der Waals surface area contributed by atoms with Gasteiger partial charge in [-0.2, -0.15) is 0 Å². The van der Waals surface area contributed by atoms with Crippen molar-refractivity contribution in [3.63, 3.8) is 0 Å². The number of fused-ring (bicyclic) bond motifs is 5. The van der Waals surface area contributed by atoms with Crippen molar-refractivity contribution >= 4 is 5.91 Å². The van der Waals surface area contributed by atoms with Crippen LogP contribution < -0.4 is 0 Å². The van der Waals surface area contributed by atoms with Gasteiger partial charge in [0, 0.05) is 18.5 Å². The summed E-state index contributed by atoms with van der Waals surface area (Å²) < 4.78 is 6.65. The summed E-state index contributed by atoms with van der Waals surface area (Å²) >= 11 is 0. The average molecular weight is 458 g/mol. The topological polar surface area (TPSA) is 29.5 Å². The molecule has 3 heteroatoms. The Bertz CT molecular complexity index is 731. The first-order valence-corrected chi connectivity index (χ1v) is 14.6. The molecule has 33 heavy (non-hydrogen) atoms. The molecule has 0 spiro atoms. The minimum atomic E-state index is 0.135. The zero-order valence-corrected chi connectivity index (χ0v) is 22.4. The van der Waals surface area contributed by atoms with E-state index < -0.39 is 0 Å². The molecule has 1 saturated heterocycles. The van der Waals surface area contributed by atoms with E-state index in [1.807, 2.05) is 0 Å². The highest BCUT2D eigenvalue weighted by Crippen LogP contribution is 2.67. The van der Waals surface area contributed by atoms with Crippen molar-refractivity contribution in [3.8, 4) is 0 Å². The van der Waals surface area contributed by atoms with Gasteiger partial charge in [0.25, 0.3) is 0 Å². The van der Waals surface area contributed by atoms with Crippen LogP contribution in [0.2, 0.25) is 0 Å². The number of likely N-dealkylation sites (tertiary alicyclic amines) is 1. The van der Waals surface area contributed by atoms with Crippen LogP contribution >= 0.6 is 0 Å². The van der Waals surface area contributed by atoms with Crippen LogP contribution in [0.4, 0.5) is 0 Å². The maximum absolute atomic E-state index is 12.9. The molecule has 0 aromatic carbocycles. The molecule has 9 atom stereocenters. The Morgan fingerprint density at radius 2 is 1.73 bits per heavy atom. The van der Waals surface area contributed by atoms with E-state index in [0.29, 0.717) is 29.9 Å². The van der Waals surface area contributed by atoms with E-state index in [9.17, 15) is 4.79 Å². The van der Waals surface area contributed by atoms with Crippen LogP contribution in [0, 0.1) is 46.3 Å². The number of nitrogens with zero attached hydrogens (tertiary/aromatic N) is 1. The second-order valence-electron chi connectivity index (χ2n) is 13.9. The second kappa shape index (κ2) is 8.82. The van der Waals surface area contributed by atoms with Crippen LogP contribution in [0.15, 0.2) is 0 Å². The number of carbonyl (C=O) groups excluding carboxylic acids is 1. The molecule has 5 fully saturated rings. The Kier molecular flexibility index (Phi) is 6.45. The largest absolute Gasteiger partial charge is 0.374 e. The molecule has 0 radical (unpaired) electrons. The molecule has 1 aliphatic heterocycles. The third-order valence-corrected chi connectivity index (χ3v) is 11.7. The van der Waals surface area contributed by atoms with E-state index >= 15 is 0 Å². The molecule has 4 saturated carbocycles. The van der Waals surface area contributed by atoms with Gasteiger partial charge in [0.15, 0.2) is 0 Å². The summed E-state index contributed by atoms with van der Waals surface area (Å²) in [5.74, 6) is 5.38. The standard InChI is InChI=1S/C30H51NO2/c1-19(2)8-7-9-20(3)23-13-14-24-22-12-15-26-30(5,25(22)16-17-29(23,24)4)27(33-21-10-11-21)18-28(32)31(26)6/h19-27H,7-18H2,1-6H3/t20-,22+,23-,24+,25+,26-,27?,29-,30-/m1/s1. The van der Waals surface area contributed by atoms with Crippen molar-refractivity contribution in [3.05, 3.63) is 0 Å². The van der Waals surface area contributed by atoms with Gasteiger partial charge in [-0.15, -0.1) is 0 Å². The van der Waals surface area contributed by atoms with Crippen molar-refractivity contribution in [2.75, 3.05) is 7.05 Å². The molecule has 0 aromatic rings. The molecule has 0 aromatic heterocycles. The first-order valence-electron chi connectivity index (χ1n) is 14.6. The first-order chi connectivity index (χ1) is 15.7. The van der Waals surface area contributed by atoms with Gasteiger partial charge in [0.1, 0.15) is 0 Å². The average Bonchev–Trinajstić information content (AvgIpc) is 3.50. The fourth-order valence-electron chi connectivity index (χ4n) is 9.79. The van der Waals surface area contributed by atoms with Crippen LogP contribution in [-0.2, 0) is 9.53 Å². The van der Waals surface area contributed by atoms with Crippen LogP contribution in [0.5, 0.6) is 0 Å². The number of ether oxygens (including phenoxy) is 1. The van der Waals surface area contributed by atoms with Crippen LogP contribution in [0.25, 0.3) is 0 Å². The SMILES string of the molecule is CC(C)CCC[C@@H](C)[C@H]1CC[C@H]2[C@@H]3CC[C@H]4N(C)C(=O)CC(OC5CC5)[C@]4(C)[C@H]3CC[C@]12C. The lowest BCUT2D eigenvalue weighted by atomic mass is 9.45. The number of amides is 1. The summed E-state index contributed by atoms with van der Waals surface area (Å²) in [6.45, 7) is 12.5. The molecule has 5 aliphatic rings. The smallest absolute Gasteiger partial charge is 0.225 e. The van der Waals surface area contributed by atoms with Gasteiger partial charge in [-0.05, 0) is 92.3 Å². The van der Waals surface area contributed by atoms with Crippen molar-refractivity contribution in [2.24, 2.45) is 46.3 Å². The third-order valence-electron chi connectivity index (χ3n) is 11.7. The normalized spacial score (nSPS) is 46.2. The second-order valence-corrected chi connectivity index (χ2v) is 13.9. The highest BCUT2D eigenvalue weighted by molar-refractivity contribution is 5.78. The lowest BCUT2D eigenvalue weighted by Crippen LogP contribution is -2.67. The molecule has 4 aliphatic carbocycles. The zero-order valence-electron chi connectivity index (χ0n) is 22.4. The molecule has 1 amide bonds. The van der Waals surface area contributed by atoms with Crippen LogP contribution in [0.3, 0.4) is 0 Å². The fourth-order valence-corrected chi connectivity index (χ4v) is 9.79. The van der Waals surface area contributed by atoms with Gasteiger partial charge in [-0.25, -0.2) is 0 Å². The van der Waals surface area contributed by atoms with Crippen LogP contribution in [0.1, 0.15) is 112 Å². The van der Waals surface area contributed by atoms with Gasteiger partial charge >= 0.3 is 0 Å². The van der Waals surface area contributed by atoms with Gasteiger partial charge in [0.2, 0.25) is 5.91 Å². The van der Waals surface area contributed by atoms with Crippen LogP contribution in [-0.4, -0.2) is 36.1 Å². The summed E-state index contributed by atoms with van der Waals surface area (Å²) in [4.78, 5) is 15.0. The summed E-state index contributed by atoms with van der Waals surface area (Å²) in [6.07, 6.45) is 16.0. The molecule has 0 N–H and O–H groups in total. The van der Waals surface area contributed by atoms with Gasteiger partial charge in [-0.3, -0.25) is 4.79 Å². The minimum absolute atomic E-state index is 0.135. The number of rotatable bonds is 7. The Hall–Kier alpha value is -0.570. The van der Waals surface area contributed by atoms with Gasteiger partial charge < -0.3 is 9.64 Å². The van der Waals surface area contributed by atoms with Crippen molar-refractivity contribution in [2.45, 2.75) is 130 Å². The lowest BCUT2D eigenvalue weighted by Gasteiger charge is -2.64. The number of hydrogen-bond acceptors (Lipinski definition) is 2. The Balaban J connectivity index is 1.35. The summed E-state index contributed by atoms with van der Waals surface area (Å²) in [5.41, 5.74) is 0.668. The number of hydrogen-bond donors (Lipinski definition) is 0.